The second-order valence-corrected chi connectivity index (χ2v) is 10.4. The lowest BCUT2D eigenvalue weighted by Gasteiger charge is -2.23. The van der Waals surface area contributed by atoms with Crippen LogP contribution in [0.1, 0.15) is 29.5 Å². The van der Waals surface area contributed by atoms with Crippen LogP contribution in [0.4, 0.5) is 0 Å². The molecule has 12 heteroatoms. The summed E-state index contributed by atoms with van der Waals surface area (Å²) in [4.78, 5) is 36.9. The van der Waals surface area contributed by atoms with Crippen molar-refractivity contribution in [1.82, 2.24) is 14.9 Å². The van der Waals surface area contributed by atoms with E-state index in [4.69, 9.17) is 5.84 Å². The fourth-order valence-electron chi connectivity index (χ4n) is 3.93. The number of nitrogens with zero attached hydrogens (tertiary/aromatic N) is 2. The first kappa shape index (κ1) is 26.8. The van der Waals surface area contributed by atoms with Crippen LogP contribution in [0.3, 0.4) is 0 Å². The van der Waals surface area contributed by atoms with Crippen LogP contribution >= 0.6 is 0 Å². The number of nitrogens with one attached hydrogen (secondary N) is 2. The fraction of sp³-hybridized carbons (Fsp3) is 0.333. The van der Waals surface area contributed by atoms with Gasteiger partial charge in [-0.15, -0.1) is 0 Å². The molecule has 1 aliphatic heterocycles. The average molecular weight is 516 g/mol. The number of carboxylic acid groups (broad SMARTS) is 1. The molecule has 0 aliphatic carbocycles. The maximum Gasteiger partial charge on any atom is 0.326 e. The Hall–Kier alpha value is -3.77. The third-order valence-electron chi connectivity index (χ3n) is 5.83. The number of sulfonamides is 1. The van der Waals surface area contributed by atoms with Crippen molar-refractivity contribution in [3.8, 4) is 0 Å². The molecule has 1 aliphatic rings. The van der Waals surface area contributed by atoms with E-state index in [0.717, 1.165) is 15.4 Å². The van der Waals surface area contributed by atoms with E-state index in [9.17, 15) is 27.9 Å². The Morgan fingerprint density at radius 1 is 1.17 bits per heavy atom. The lowest BCUT2D eigenvalue weighted by atomic mass is 10.0. The second-order valence-electron chi connectivity index (χ2n) is 8.49. The van der Waals surface area contributed by atoms with Crippen molar-refractivity contribution in [3.05, 3.63) is 65.2 Å². The molecule has 0 aromatic heterocycles. The minimum atomic E-state index is -3.88. The van der Waals surface area contributed by atoms with Crippen LogP contribution in [0.5, 0.6) is 0 Å². The molecule has 0 spiro atoms. The zero-order valence-corrected chi connectivity index (χ0v) is 20.6. The van der Waals surface area contributed by atoms with Crippen molar-refractivity contribution in [2.24, 2.45) is 10.9 Å². The van der Waals surface area contributed by atoms with Gasteiger partial charge in [0.25, 0.3) is 0 Å². The molecule has 0 radical (unpaired) electrons. The molecule has 2 amide bonds. The smallest absolute Gasteiger partial charge is 0.326 e. The Bertz CT molecular complexity index is 1230. The van der Waals surface area contributed by atoms with Gasteiger partial charge in [-0.3, -0.25) is 9.59 Å². The number of hydrogen-bond donors (Lipinski definition) is 4. The number of amides is 2. The summed E-state index contributed by atoms with van der Waals surface area (Å²) in [6, 6.07) is 11.0. The Labute approximate surface area is 209 Å². The Morgan fingerprint density at radius 3 is 2.44 bits per heavy atom. The summed E-state index contributed by atoms with van der Waals surface area (Å²) in [5.74, 6) is 2.57. The molecular weight excluding hydrogens is 486 g/mol. The van der Waals surface area contributed by atoms with E-state index < -0.39 is 46.4 Å². The van der Waals surface area contributed by atoms with Gasteiger partial charge in [-0.1, -0.05) is 42.0 Å². The van der Waals surface area contributed by atoms with Crippen molar-refractivity contribution in [3.63, 3.8) is 0 Å². The molecule has 1 heterocycles. The second kappa shape index (κ2) is 11.8. The minimum Gasteiger partial charge on any atom is -0.480 e. The number of benzene rings is 2. The van der Waals surface area contributed by atoms with Crippen LogP contribution in [0.25, 0.3) is 0 Å². The third kappa shape index (κ3) is 6.67. The van der Waals surface area contributed by atoms with Crippen LogP contribution in [0, 0.1) is 6.92 Å². The van der Waals surface area contributed by atoms with Gasteiger partial charge in [0.1, 0.15) is 12.1 Å². The maximum atomic E-state index is 13.0. The van der Waals surface area contributed by atoms with Gasteiger partial charge in [-0.25, -0.2) is 13.2 Å². The molecule has 0 unspecified atom stereocenters. The van der Waals surface area contributed by atoms with Crippen LogP contribution in [-0.4, -0.2) is 67.0 Å². The predicted octanol–water partition coefficient (Wildman–Crippen LogP) is 0.369. The van der Waals surface area contributed by atoms with Gasteiger partial charge in [0, 0.05) is 13.0 Å². The van der Waals surface area contributed by atoms with E-state index in [2.05, 4.69) is 15.7 Å². The van der Waals surface area contributed by atoms with Crippen molar-refractivity contribution >= 4 is 34.0 Å². The van der Waals surface area contributed by atoms with E-state index in [1.165, 1.54) is 18.3 Å². The lowest BCUT2D eigenvalue weighted by Crippen LogP contribution is -2.50. The zero-order valence-electron chi connectivity index (χ0n) is 19.8. The topological polar surface area (TPSA) is 171 Å². The predicted molar refractivity (Wildman–Crippen MR) is 133 cm³/mol. The fourth-order valence-corrected chi connectivity index (χ4v) is 5.58. The summed E-state index contributed by atoms with van der Waals surface area (Å²) in [5, 5.41) is 17.8. The molecule has 11 nitrogen and oxygen atoms in total. The lowest BCUT2D eigenvalue weighted by molar-refractivity contribution is -0.141. The molecule has 1 saturated heterocycles. The number of carbonyl (C=O) groups excluding carboxylic acids is 2. The highest BCUT2D eigenvalue weighted by molar-refractivity contribution is 7.89. The van der Waals surface area contributed by atoms with Gasteiger partial charge in [0.2, 0.25) is 21.8 Å². The van der Waals surface area contributed by atoms with E-state index >= 15 is 0 Å². The van der Waals surface area contributed by atoms with Crippen molar-refractivity contribution in [2.75, 3.05) is 13.1 Å². The molecule has 3 rings (SSSR count). The number of carboxylic acids is 1. The molecule has 0 saturated carbocycles. The molecular formula is C24H29N5O6S. The van der Waals surface area contributed by atoms with Gasteiger partial charge in [0.15, 0.2) is 0 Å². The van der Waals surface area contributed by atoms with Gasteiger partial charge in [-0.2, -0.15) is 9.41 Å². The van der Waals surface area contributed by atoms with E-state index in [1.54, 1.807) is 36.4 Å². The molecule has 192 valence electrons. The first-order valence-electron chi connectivity index (χ1n) is 11.3. The van der Waals surface area contributed by atoms with Crippen molar-refractivity contribution in [2.45, 2.75) is 43.2 Å². The number of carbonyl (C=O) groups is 3. The number of nitrogens with two attached hydrogens (primary N) is 1. The molecule has 2 aromatic carbocycles. The number of hydrogen-bond acceptors (Lipinski definition) is 7. The van der Waals surface area contributed by atoms with Crippen molar-refractivity contribution < 1.29 is 27.9 Å². The number of rotatable bonds is 10. The Morgan fingerprint density at radius 2 is 1.83 bits per heavy atom. The summed E-state index contributed by atoms with van der Waals surface area (Å²) in [5.41, 5.74) is 2.32. The van der Waals surface area contributed by atoms with Gasteiger partial charge >= 0.3 is 5.97 Å². The molecule has 36 heavy (non-hydrogen) atoms. The Kier molecular flexibility index (Phi) is 8.78. The average Bonchev–Trinajstić information content (AvgIpc) is 3.35. The van der Waals surface area contributed by atoms with Crippen LogP contribution < -0.4 is 16.5 Å². The maximum absolute atomic E-state index is 13.0. The summed E-state index contributed by atoms with van der Waals surface area (Å²) < 4.78 is 27.2. The molecule has 5 N–H and O–H groups in total. The first-order chi connectivity index (χ1) is 17.1. The third-order valence-corrected chi connectivity index (χ3v) is 7.76. The molecule has 0 bridgehead atoms. The zero-order chi connectivity index (χ0) is 26.3. The van der Waals surface area contributed by atoms with Crippen LogP contribution in [0.2, 0.25) is 0 Å². The standard InChI is InChI=1S/C24H29N5O6S/c1-16-4-10-19(11-5-16)36(34,35)29-12-2-3-21(29)23(31)26-15-22(30)28-20(24(32)33)13-17-6-8-18(9-7-17)14-27-25/h4-11,14,20-21H,2-3,12-13,15,25H2,1H3,(H,26,31)(H,28,30)(H,32,33)/t20-,21-/m0/s1. The Balaban J connectivity index is 1.58. The van der Waals surface area contributed by atoms with Crippen LogP contribution in [0.15, 0.2) is 58.5 Å². The largest absolute Gasteiger partial charge is 0.480 e. The highest BCUT2D eigenvalue weighted by atomic mass is 32.2. The molecule has 2 atom stereocenters. The first-order valence-corrected chi connectivity index (χ1v) is 12.8. The minimum absolute atomic E-state index is 0.0280. The van der Waals surface area contributed by atoms with Gasteiger partial charge in [-0.05, 0) is 43.0 Å². The monoisotopic (exact) mass is 515 g/mol. The van der Waals surface area contributed by atoms with Gasteiger partial charge < -0.3 is 21.6 Å². The summed E-state index contributed by atoms with van der Waals surface area (Å²) in [6.07, 6.45) is 2.30. The quantitative estimate of drug-likeness (QED) is 0.201. The summed E-state index contributed by atoms with van der Waals surface area (Å²) in [7, 11) is -3.88. The SMILES string of the molecule is Cc1ccc(S(=O)(=O)N2CCC[C@H]2C(=O)NCC(=O)N[C@@H](Cc2ccc(C=NN)cc2)C(=O)O)cc1. The van der Waals surface area contributed by atoms with E-state index in [-0.39, 0.29) is 17.9 Å². The molecule has 2 aromatic rings. The normalized spacial score (nSPS) is 17.1. The number of aryl methyl sites for hydroxylation is 1. The summed E-state index contributed by atoms with van der Waals surface area (Å²) >= 11 is 0. The highest BCUT2D eigenvalue weighted by Crippen LogP contribution is 2.26. The van der Waals surface area contributed by atoms with E-state index in [0.29, 0.717) is 18.4 Å². The van der Waals surface area contributed by atoms with Crippen molar-refractivity contribution in [1.29, 1.82) is 0 Å². The van der Waals surface area contributed by atoms with E-state index in [1.807, 2.05) is 6.92 Å². The van der Waals surface area contributed by atoms with Gasteiger partial charge in [0.05, 0.1) is 17.7 Å². The number of hydrazone groups is 1. The number of aliphatic carboxylic acids is 1. The summed E-state index contributed by atoms with van der Waals surface area (Å²) in [6.45, 7) is 1.55. The van der Waals surface area contributed by atoms with Crippen LogP contribution in [-0.2, 0) is 30.8 Å². The molecule has 1 fully saturated rings. The highest BCUT2D eigenvalue weighted by Gasteiger charge is 2.39.